The Hall–Kier alpha value is -0.210. The van der Waals surface area contributed by atoms with Gasteiger partial charge in [-0.15, -0.1) is 0 Å². The van der Waals surface area contributed by atoms with Gasteiger partial charge < -0.3 is 9.84 Å². The number of hydrogen-bond donors (Lipinski definition) is 3. The predicted octanol–water partition coefficient (Wildman–Crippen LogP) is -0.782. The first kappa shape index (κ1) is 13.9. The summed E-state index contributed by atoms with van der Waals surface area (Å²) in [5, 5.41) is 9.85. The molecule has 7 heteroatoms. The lowest BCUT2D eigenvalue weighted by Crippen LogP contribution is -2.47. The Bertz CT molecular complexity index is 309. The van der Waals surface area contributed by atoms with Crippen molar-refractivity contribution in [3.63, 3.8) is 0 Å². The van der Waals surface area contributed by atoms with Crippen LogP contribution in [0.3, 0.4) is 0 Å². The number of ether oxygens (including phenoxy) is 1. The minimum atomic E-state index is -3.52. The quantitative estimate of drug-likeness (QED) is 0.578. The molecule has 0 aliphatic carbocycles. The SMILES string of the molecule is CC(C)CNS(=O)(=O)NCC1(O)CCOC1. The molecule has 0 spiro atoms. The lowest BCUT2D eigenvalue weighted by atomic mass is 10.1. The Kier molecular flexibility index (Phi) is 4.69. The molecule has 0 aromatic carbocycles. The first-order chi connectivity index (χ1) is 7.33. The number of aliphatic hydroxyl groups is 1. The van der Waals surface area contributed by atoms with Crippen molar-refractivity contribution in [1.29, 1.82) is 0 Å². The Morgan fingerprint density at radius 1 is 1.44 bits per heavy atom. The van der Waals surface area contributed by atoms with Crippen LogP contribution in [0.5, 0.6) is 0 Å². The van der Waals surface area contributed by atoms with Crippen LogP contribution in [0.25, 0.3) is 0 Å². The van der Waals surface area contributed by atoms with E-state index in [1.165, 1.54) is 0 Å². The second-order valence-electron chi connectivity index (χ2n) is 4.59. The van der Waals surface area contributed by atoms with Crippen LogP contribution in [0.4, 0.5) is 0 Å². The van der Waals surface area contributed by atoms with Crippen LogP contribution in [0, 0.1) is 5.92 Å². The molecule has 0 aromatic rings. The minimum absolute atomic E-state index is 0.0135. The number of hydrogen-bond acceptors (Lipinski definition) is 4. The maximum Gasteiger partial charge on any atom is 0.277 e. The van der Waals surface area contributed by atoms with E-state index in [1.54, 1.807) is 0 Å². The molecule has 0 aromatic heterocycles. The van der Waals surface area contributed by atoms with Crippen LogP contribution in [0.2, 0.25) is 0 Å². The van der Waals surface area contributed by atoms with Crippen molar-refractivity contribution in [2.24, 2.45) is 5.92 Å². The average molecular weight is 252 g/mol. The van der Waals surface area contributed by atoms with Crippen LogP contribution in [-0.2, 0) is 14.9 Å². The predicted molar refractivity (Wildman–Crippen MR) is 60.1 cm³/mol. The third-order valence-corrected chi connectivity index (χ3v) is 3.43. The van der Waals surface area contributed by atoms with Crippen LogP contribution < -0.4 is 9.44 Å². The summed E-state index contributed by atoms with van der Waals surface area (Å²) in [4.78, 5) is 0. The van der Waals surface area contributed by atoms with Crippen molar-refractivity contribution >= 4 is 10.2 Å². The van der Waals surface area contributed by atoms with Gasteiger partial charge in [-0.05, 0) is 5.92 Å². The molecule has 6 nitrogen and oxygen atoms in total. The highest BCUT2D eigenvalue weighted by molar-refractivity contribution is 7.87. The van der Waals surface area contributed by atoms with Gasteiger partial charge in [0.1, 0.15) is 5.60 Å². The van der Waals surface area contributed by atoms with E-state index in [2.05, 4.69) is 9.44 Å². The molecule has 0 amide bonds. The van der Waals surface area contributed by atoms with Gasteiger partial charge in [0.05, 0.1) is 6.61 Å². The zero-order valence-corrected chi connectivity index (χ0v) is 10.5. The summed E-state index contributed by atoms with van der Waals surface area (Å²) in [6, 6.07) is 0. The third-order valence-electron chi connectivity index (χ3n) is 2.36. The van der Waals surface area contributed by atoms with Crippen molar-refractivity contribution in [3.8, 4) is 0 Å². The van der Waals surface area contributed by atoms with Gasteiger partial charge in [0.15, 0.2) is 0 Å². The zero-order chi connectivity index (χ0) is 12.2. The fourth-order valence-corrected chi connectivity index (χ4v) is 2.41. The summed E-state index contributed by atoms with van der Waals surface area (Å²) < 4.78 is 32.7. The lowest BCUT2D eigenvalue weighted by Gasteiger charge is -2.20. The average Bonchev–Trinajstić information content (AvgIpc) is 2.61. The molecule has 1 heterocycles. The van der Waals surface area contributed by atoms with E-state index in [9.17, 15) is 13.5 Å². The molecular formula is C9H20N2O4S. The van der Waals surface area contributed by atoms with Crippen LogP contribution >= 0.6 is 0 Å². The molecule has 3 N–H and O–H groups in total. The van der Waals surface area contributed by atoms with Gasteiger partial charge in [0.2, 0.25) is 0 Å². The second-order valence-corrected chi connectivity index (χ2v) is 6.18. The monoisotopic (exact) mass is 252 g/mol. The highest BCUT2D eigenvalue weighted by Gasteiger charge is 2.33. The van der Waals surface area contributed by atoms with Crippen LogP contribution in [0.1, 0.15) is 20.3 Å². The third kappa shape index (κ3) is 4.75. The summed E-state index contributed by atoms with van der Waals surface area (Å²) >= 11 is 0. The summed E-state index contributed by atoms with van der Waals surface area (Å²) in [6.45, 7) is 4.85. The van der Waals surface area contributed by atoms with E-state index in [4.69, 9.17) is 4.74 Å². The highest BCUT2D eigenvalue weighted by atomic mass is 32.2. The Balaban J connectivity index is 2.35. The molecule has 1 aliphatic heterocycles. The zero-order valence-electron chi connectivity index (χ0n) is 9.69. The molecule has 1 saturated heterocycles. The summed E-state index contributed by atoms with van der Waals surface area (Å²) in [5.41, 5.74) is -1.06. The van der Waals surface area contributed by atoms with Crippen molar-refractivity contribution < 1.29 is 18.3 Å². The van der Waals surface area contributed by atoms with Gasteiger partial charge in [-0.3, -0.25) is 0 Å². The fraction of sp³-hybridized carbons (Fsp3) is 1.00. The molecule has 1 atom stereocenters. The van der Waals surface area contributed by atoms with E-state index < -0.39 is 15.8 Å². The van der Waals surface area contributed by atoms with Crippen LogP contribution in [0.15, 0.2) is 0 Å². The van der Waals surface area contributed by atoms with Crippen molar-refractivity contribution in [1.82, 2.24) is 9.44 Å². The topological polar surface area (TPSA) is 87.7 Å². The molecule has 1 rings (SSSR count). The van der Waals surface area contributed by atoms with E-state index in [0.29, 0.717) is 19.6 Å². The highest BCUT2D eigenvalue weighted by Crippen LogP contribution is 2.16. The van der Waals surface area contributed by atoms with E-state index in [-0.39, 0.29) is 19.1 Å². The summed E-state index contributed by atoms with van der Waals surface area (Å²) in [6.07, 6.45) is 0.458. The van der Waals surface area contributed by atoms with E-state index in [0.717, 1.165) is 0 Å². The second kappa shape index (κ2) is 5.42. The summed E-state index contributed by atoms with van der Waals surface area (Å²) in [5.74, 6) is 0.245. The largest absolute Gasteiger partial charge is 0.386 e. The molecular weight excluding hydrogens is 232 g/mol. The fourth-order valence-electron chi connectivity index (χ4n) is 1.29. The smallest absolute Gasteiger partial charge is 0.277 e. The van der Waals surface area contributed by atoms with Gasteiger partial charge >= 0.3 is 0 Å². The van der Waals surface area contributed by atoms with Gasteiger partial charge in [-0.1, -0.05) is 13.8 Å². The van der Waals surface area contributed by atoms with Crippen molar-refractivity contribution in [3.05, 3.63) is 0 Å². The molecule has 16 heavy (non-hydrogen) atoms. The normalized spacial score (nSPS) is 26.5. The molecule has 1 fully saturated rings. The molecule has 0 radical (unpaired) electrons. The minimum Gasteiger partial charge on any atom is -0.386 e. The molecule has 1 aliphatic rings. The Labute approximate surface area is 96.6 Å². The lowest BCUT2D eigenvalue weighted by molar-refractivity contribution is 0.0314. The van der Waals surface area contributed by atoms with Gasteiger partial charge in [0.25, 0.3) is 10.2 Å². The summed E-state index contributed by atoms with van der Waals surface area (Å²) in [7, 11) is -3.52. The van der Waals surface area contributed by atoms with E-state index >= 15 is 0 Å². The molecule has 1 unspecified atom stereocenters. The number of nitrogens with one attached hydrogen (secondary N) is 2. The Morgan fingerprint density at radius 2 is 2.12 bits per heavy atom. The van der Waals surface area contributed by atoms with Gasteiger partial charge in [0, 0.05) is 26.1 Å². The van der Waals surface area contributed by atoms with E-state index in [1.807, 2.05) is 13.8 Å². The molecule has 0 saturated carbocycles. The molecule has 0 bridgehead atoms. The first-order valence-corrected chi connectivity index (χ1v) is 6.86. The Morgan fingerprint density at radius 3 is 2.62 bits per heavy atom. The van der Waals surface area contributed by atoms with Crippen molar-refractivity contribution in [2.75, 3.05) is 26.3 Å². The maximum atomic E-state index is 11.5. The standard InChI is InChI=1S/C9H20N2O4S/c1-8(2)5-10-16(13,14)11-6-9(12)3-4-15-7-9/h8,10-12H,3-7H2,1-2H3. The van der Waals surface area contributed by atoms with Gasteiger partial charge in [-0.2, -0.15) is 13.1 Å². The molecule has 96 valence electrons. The van der Waals surface area contributed by atoms with Gasteiger partial charge in [-0.25, -0.2) is 4.72 Å². The first-order valence-electron chi connectivity index (χ1n) is 5.37. The van der Waals surface area contributed by atoms with Crippen molar-refractivity contribution in [2.45, 2.75) is 25.9 Å². The number of rotatable bonds is 6. The maximum absolute atomic E-state index is 11.5. The van der Waals surface area contributed by atoms with Crippen LogP contribution in [-0.4, -0.2) is 45.4 Å².